The molecule has 0 heteroatoms. The molecule has 13 aromatic carbocycles. The van der Waals surface area contributed by atoms with Crippen molar-refractivity contribution in [3.05, 3.63) is 267 Å². The lowest BCUT2D eigenvalue weighted by atomic mass is 9.78. The Balaban J connectivity index is 1.16. The van der Waals surface area contributed by atoms with E-state index in [1.54, 1.807) is 0 Å². The van der Waals surface area contributed by atoms with Gasteiger partial charge in [-0.2, -0.15) is 0 Å². The highest BCUT2D eigenvalue weighted by Crippen LogP contribution is 2.52. The van der Waals surface area contributed by atoms with E-state index in [2.05, 4.69) is 267 Å². The minimum absolute atomic E-state index is 1.17. The fraction of sp³-hybridized carbons (Fsp3) is 0. The Morgan fingerprint density at radius 3 is 0.882 bits per heavy atom. The number of benzene rings is 13. The van der Waals surface area contributed by atoms with Crippen LogP contribution in [0.3, 0.4) is 0 Å². The second-order valence-electron chi connectivity index (χ2n) is 17.8. The predicted molar refractivity (Wildman–Crippen MR) is 292 cm³/mol. The SMILES string of the molecule is c1ccc(-c2c(-c3ccccc3)c(-c3ccccc3)c3cc(-c4ccc5c(-c6cccc7ccccc67)c6ccccc6c(-c6cccc7ccccc67)c5c4)ccc3c2-c2ccccc2)cc1. The molecular formula is C68H44. The van der Waals surface area contributed by atoms with Crippen molar-refractivity contribution in [1.82, 2.24) is 0 Å². The van der Waals surface area contributed by atoms with Crippen LogP contribution in [0, 0.1) is 0 Å². The fourth-order valence-corrected chi connectivity index (χ4v) is 11.1. The van der Waals surface area contributed by atoms with Crippen molar-refractivity contribution >= 4 is 53.9 Å². The number of hydrogen-bond acceptors (Lipinski definition) is 0. The predicted octanol–water partition coefficient (Wildman–Crippen LogP) is 19.1. The van der Waals surface area contributed by atoms with Gasteiger partial charge in [0.25, 0.3) is 0 Å². The molecule has 0 bridgehead atoms. The molecule has 13 rings (SSSR count). The Hall–Kier alpha value is -8.84. The molecule has 68 heavy (non-hydrogen) atoms. The van der Waals surface area contributed by atoms with Crippen LogP contribution in [0.5, 0.6) is 0 Å². The van der Waals surface area contributed by atoms with E-state index < -0.39 is 0 Å². The standard InChI is InChI=1S/C68H44/c1-5-23-47(24-6-1)63-59-41-39-51(43-61(59)64(48-25-7-2-8-26-48)66(50-29-11-4-12-30-50)65(63)49-27-9-3-10-28-49)52-40-42-60-62(44-52)68(56-38-20-32-46-22-14-16-34-54(46)56)58-36-18-17-35-57(58)67(60)55-37-19-31-45-21-13-15-33-53(45)55/h1-44H. The number of hydrogen-bond donors (Lipinski definition) is 0. The van der Waals surface area contributed by atoms with Crippen molar-refractivity contribution in [2.24, 2.45) is 0 Å². The Bertz CT molecular complexity index is 4030. The molecule has 0 heterocycles. The molecule has 0 N–H and O–H groups in total. The molecule has 0 saturated heterocycles. The molecule has 0 amide bonds. The first-order valence-corrected chi connectivity index (χ1v) is 23.6. The molecule has 0 aliphatic carbocycles. The Kier molecular flexibility index (Phi) is 9.62. The van der Waals surface area contributed by atoms with E-state index in [1.807, 2.05) is 0 Å². The first-order valence-electron chi connectivity index (χ1n) is 23.6. The summed E-state index contributed by atoms with van der Waals surface area (Å²) in [7, 11) is 0. The van der Waals surface area contributed by atoms with Gasteiger partial charge in [0.1, 0.15) is 0 Å². The lowest BCUT2D eigenvalue weighted by molar-refractivity contribution is 1.56. The summed E-state index contributed by atoms with van der Waals surface area (Å²) in [6.45, 7) is 0. The molecule has 13 aromatic rings. The van der Waals surface area contributed by atoms with Gasteiger partial charge in [-0.3, -0.25) is 0 Å². The van der Waals surface area contributed by atoms with Crippen molar-refractivity contribution in [2.75, 3.05) is 0 Å². The molecule has 316 valence electrons. The highest BCUT2D eigenvalue weighted by Gasteiger charge is 2.25. The minimum Gasteiger partial charge on any atom is -0.0622 e. The molecule has 0 nitrogen and oxygen atoms in total. The Morgan fingerprint density at radius 2 is 0.441 bits per heavy atom. The van der Waals surface area contributed by atoms with E-state index in [0.717, 1.165) is 0 Å². The summed E-state index contributed by atoms with van der Waals surface area (Å²) in [5.74, 6) is 0. The van der Waals surface area contributed by atoms with Gasteiger partial charge in [-0.05, 0) is 144 Å². The summed E-state index contributed by atoms with van der Waals surface area (Å²) >= 11 is 0. The largest absolute Gasteiger partial charge is 0.0622 e. The van der Waals surface area contributed by atoms with Crippen molar-refractivity contribution in [2.45, 2.75) is 0 Å². The van der Waals surface area contributed by atoms with Gasteiger partial charge in [0.2, 0.25) is 0 Å². The monoisotopic (exact) mass is 860 g/mol. The van der Waals surface area contributed by atoms with Crippen LogP contribution in [0.25, 0.3) is 132 Å². The third kappa shape index (κ3) is 6.53. The molecule has 0 aromatic heterocycles. The van der Waals surface area contributed by atoms with Crippen molar-refractivity contribution < 1.29 is 0 Å². The normalized spacial score (nSPS) is 11.5. The van der Waals surface area contributed by atoms with Crippen LogP contribution in [0.2, 0.25) is 0 Å². The maximum Gasteiger partial charge on any atom is -0.00141 e. The van der Waals surface area contributed by atoms with Gasteiger partial charge in [-0.15, -0.1) is 0 Å². The minimum atomic E-state index is 1.17. The summed E-state index contributed by atoms with van der Waals surface area (Å²) in [6.07, 6.45) is 0. The average molecular weight is 861 g/mol. The van der Waals surface area contributed by atoms with Crippen LogP contribution in [0.4, 0.5) is 0 Å². The summed E-state index contributed by atoms with van der Waals surface area (Å²) in [4.78, 5) is 0. The lowest BCUT2D eigenvalue weighted by Crippen LogP contribution is -1.98. The van der Waals surface area contributed by atoms with Crippen molar-refractivity contribution in [3.8, 4) is 77.9 Å². The average Bonchev–Trinajstić information content (AvgIpc) is 3.42. The van der Waals surface area contributed by atoms with Crippen LogP contribution in [-0.4, -0.2) is 0 Å². The zero-order valence-corrected chi connectivity index (χ0v) is 37.4. The van der Waals surface area contributed by atoms with Gasteiger partial charge in [0.05, 0.1) is 0 Å². The second kappa shape index (κ2) is 16.5. The zero-order valence-electron chi connectivity index (χ0n) is 37.4. The van der Waals surface area contributed by atoms with E-state index in [0.29, 0.717) is 0 Å². The summed E-state index contributed by atoms with van der Waals surface area (Å²) in [5.41, 5.74) is 17.1. The Morgan fingerprint density at radius 1 is 0.147 bits per heavy atom. The smallest absolute Gasteiger partial charge is 0.00141 e. The second-order valence-corrected chi connectivity index (χ2v) is 17.8. The first kappa shape index (κ1) is 39.5. The first-order chi connectivity index (χ1) is 33.8. The van der Waals surface area contributed by atoms with Crippen LogP contribution in [0.15, 0.2) is 267 Å². The van der Waals surface area contributed by atoms with Crippen LogP contribution < -0.4 is 0 Å². The van der Waals surface area contributed by atoms with Gasteiger partial charge in [0.15, 0.2) is 0 Å². The third-order valence-corrected chi connectivity index (χ3v) is 14.0. The molecular weight excluding hydrogens is 817 g/mol. The van der Waals surface area contributed by atoms with E-state index in [4.69, 9.17) is 0 Å². The maximum atomic E-state index is 2.48. The van der Waals surface area contributed by atoms with Gasteiger partial charge >= 0.3 is 0 Å². The Labute approximate surface area is 396 Å². The van der Waals surface area contributed by atoms with E-state index in [1.165, 1.54) is 132 Å². The highest BCUT2D eigenvalue weighted by molar-refractivity contribution is 6.26. The van der Waals surface area contributed by atoms with Gasteiger partial charge in [0, 0.05) is 0 Å². The molecule has 0 aliphatic heterocycles. The third-order valence-electron chi connectivity index (χ3n) is 14.0. The molecule has 0 radical (unpaired) electrons. The van der Waals surface area contributed by atoms with E-state index in [-0.39, 0.29) is 0 Å². The number of rotatable bonds is 7. The molecule has 0 unspecified atom stereocenters. The van der Waals surface area contributed by atoms with Crippen LogP contribution in [-0.2, 0) is 0 Å². The molecule has 0 aliphatic rings. The summed E-state index contributed by atoms with van der Waals surface area (Å²) < 4.78 is 0. The molecule has 0 saturated carbocycles. The quantitative estimate of drug-likeness (QED) is 0.140. The molecule has 0 spiro atoms. The van der Waals surface area contributed by atoms with Crippen LogP contribution in [0.1, 0.15) is 0 Å². The number of fused-ring (bicyclic) bond motifs is 5. The fourth-order valence-electron chi connectivity index (χ4n) is 11.1. The molecule has 0 fully saturated rings. The van der Waals surface area contributed by atoms with Gasteiger partial charge < -0.3 is 0 Å². The summed E-state index contributed by atoms with van der Waals surface area (Å²) in [6, 6.07) is 98.6. The topological polar surface area (TPSA) is 0 Å². The lowest BCUT2D eigenvalue weighted by Gasteiger charge is -2.25. The molecule has 0 atom stereocenters. The van der Waals surface area contributed by atoms with Gasteiger partial charge in [-0.25, -0.2) is 0 Å². The van der Waals surface area contributed by atoms with Crippen LogP contribution >= 0.6 is 0 Å². The van der Waals surface area contributed by atoms with Crippen molar-refractivity contribution in [3.63, 3.8) is 0 Å². The van der Waals surface area contributed by atoms with E-state index in [9.17, 15) is 0 Å². The van der Waals surface area contributed by atoms with Gasteiger partial charge in [-0.1, -0.05) is 255 Å². The maximum absolute atomic E-state index is 2.48. The summed E-state index contributed by atoms with van der Waals surface area (Å²) in [5, 5.41) is 12.4. The zero-order chi connectivity index (χ0) is 45.0. The highest BCUT2D eigenvalue weighted by atomic mass is 14.3. The van der Waals surface area contributed by atoms with Crippen molar-refractivity contribution in [1.29, 1.82) is 0 Å². The van der Waals surface area contributed by atoms with E-state index >= 15 is 0 Å².